The molecule has 0 bridgehead atoms. The third-order valence-electron chi connectivity index (χ3n) is 10.2. The summed E-state index contributed by atoms with van der Waals surface area (Å²) in [5.74, 6) is -4.39. The Kier molecular flexibility index (Phi) is 25.2. The lowest BCUT2D eigenvalue weighted by Crippen LogP contribution is -2.58. The SMILES string of the molecule is CCCCc1ccc(-c2ccc(C(=O)NCCC(=O)N[C@@H](CCCCN)C(=O)N[C@@H](CCCCN)C(=O)N[C@@H](C)C(=O)N[C@@H](CCCCN)C(=O)N[C@@H](C)B(O)O)cc2)cc1. The molecular weight excluding hydrogens is 781 g/mol. The molecular formula is C43H70BN9O8. The zero-order valence-electron chi connectivity index (χ0n) is 36.2. The average Bonchev–Trinajstić information content (AvgIpc) is 3.24. The van der Waals surface area contributed by atoms with Crippen molar-refractivity contribution in [1.82, 2.24) is 31.9 Å². The maximum atomic E-state index is 13.7. The number of unbranched alkanes of at least 4 members (excludes halogenated alkanes) is 4. The predicted octanol–water partition coefficient (Wildman–Crippen LogP) is 0.679. The Morgan fingerprint density at radius 2 is 1.05 bits per heavy atom. The van der Waals surface area contributed by atoms with Crippen molar-refractivity contribution in [2.75, 3.05) is 26.2 Å². The Labute approximate surface area is 361 Å². The zero-order chi connectivity index (χ0) is 45.2. The summed E-state index contributed by atoms with van der Waals surface area (Å²) in [4.78, 5) is 79.4. The maximum absolute atomic E-state index is 13.7. The molecule has 0 unspecified atom stereocenters. The van der Waals surface area contributed by atoms with E-state index in [1.807, 2.05) is 12.1 Å². The zero-order valence-corrected chi connectivity index (χ0v) is 36.2. The van der Waals surface area contributed by atoms with Gasteiger partial charge in [-0.3, -0.25) is 28.8 Å². The van der Waals surface area contributed by atoms with E-state index in [1.54, 1.807) is 12.1 Å². The van der Waals surface area contributed by atoms with E-state index >= 15 is 0 Å². The molecule has 17 nitrogen and oxygen atoms in total. The number of aryl methyl sites for hydroxylation is 1. The molecule has 0 aliphatic heterocycles. The monoisotopic (exact) mass is 852 g/mol. The van der Waals surface area contributed by atoms with Crippen LogP contribution in [0.2, 0.25) is 0 Å². The van der Waals surface area contributed by atoms with E-state index in [2.05, 4.69) is 63.1 Å². The molecule has 0 spiro atoms. The summed E-state index contributed by atoms with van der Waals surface area (Å²) in [5, 5.41) is 34.7. The highest BCUT2D eigenvalue weighted by Gasteiger charge is 2.31. The van der Waals surface area contributed by atoms with Gasteiger partial charge in [-0.05, 0) is 133 Å². The van der Waals surface area contributed by atoms with Gasteiger partial charge < -0.3 is 59.1 Å². The Bertz CT molecular complexity index is 1650. The first-order valence-corrected chi connectivity index (χ1v) is 21.7. The van der Waals surface area contributed by atoms with E-state index in [1.165, 1.54) is 19.4 Å². The van der Waals surface area contributed by atoms with Crippen LogP contribution in [-0.2, 0) is 30.4 Å². The number of benzene rings is 2. The molecule has 2 rings (SSSR count). The molecule has 2 aromatic carbocycles. The highest BCUT2D eigenvalue weighted by atomic mass is 16.4. The van der Waals surface area contributed by atoms with Gasteiger partial charge in [0.15, 0.2) is 0 Å². The molecule has 0 saturated carbocycles. The Balaban J connectivity index is 2.04. The van der Waals surface area contributed by atoms with E-state index in [9.17, 15) is 38.8 Å². The van der Waals surface area contributed by atoms with Crippen LogP contribution in [0.5, 0.6) is 0 Å². The van der Waals surface area contributed by atoms with Gasteiger partial charge >= 0.3 is 7.12 Å². The van der Waals surface area contributed by atoms with Crippen molar-refractivity contribution >= 4 is 42.6 Å². The molecule has 0 saturated heterocycles. The van der Waals surface area contributed by atoms with E-state index in [-0.39, 0.29) is 38.1 Å². The number of carbonyl (C=O) groups is 6. The van der Waals surface area contributed by atoms with Crippen LogP contribution in [0.3, 0.4) is 0 Å². The summed E-state index contributed by atoms with van der Waals surface area (Å²) in [6, 6.07) is 11.3. The van der Waals surface area contributed by atoms with Gasteiger partial charge in [-0.25, -0.2) is 0 Å². The van der Waals surface area contributed by atoms with Crippen molar-refractivity contribution in [3.05, 3.63) is 59.7 Å². The number of carbonyl (C=O) groups excluding carboxylic acids is 6. The number of hydrogen-bond donors (Lipinski definition) is 11. The Morgan fingerprint density at radius 3 is 1.54 bits per heavy atom. The normalized spacial score (nSPS) is 13.4. The van der Waals surface area contributed by atoms with Gasteiger partial charge in [-0.2, -0.15) is 0 Å². The minimum absolute atomic E-state index is 0.0187. The van der Waals surface area contributed by atoms with Crippen LogP contribution in [0.15, 0.2) is 48.5 Å². The molecule has 5 atom stereocenters. The van der Waals surface area contributed by atoms with Gasteiger partial charge in [0.1, 0.15) is 24.2 Å². The Hall–Kier alpha value is -4.88. The second kappa shape index (κ2) is 29.4. The molecule has 6 amide bonds. The van der Waals surface area contributed by atoms with Crippen molar-refractivity contribution in [2.45, 2.75) is 134 Å². The minimum Gasteiger partial charge on any atom is -0.426 e. The van der Waals surface area contributed by atoms with Crippen LogP contribution >= 0.6 is 0 Å². The van der Waals surface area contributed by atoms with Crippen LogP contribution in [0.4, 0.5) is 0 Å². The van der Waals surface area contributed by atoms with Crippen LogP contribution in [-0.4, -0.2) is 109 Å². The maximum Gasteiger partial charge on any atom is 0.475 e. The van der Waals surface area contributed by atoms with Crippen molar-refractivity contribution in [2.24, 2.45) is 17.2 Å². The van der Waals surface area contributed by atoms with Crippen molar-refractivity contribution in [3.63, 3.8) is 0 Å². The topological polar surface area (TPSA) is 293 Å². The molecule has 0 fully saturated rings. The first kappa shape index (κ1) is 52.3. The highest BCUT2D eigenvalue weighted by Crippen LogP contribution is 2.21. The summed E-state index contributed by atoms with van der Waals surface area (Å²) < 4.78 is 0. The van der Waals surface area contributed by atoms with Crippen LogP contribution < -0.4 is 49.1 Å². The molecule has 0 aliphatic rings. The first-order valence-electron chi connectivity index (χ1n) is 21.7. The lowest BCUT2D eigenvalue weighted by Gasteiger charge is -2.26. The van der Waals surface area contributed by atoms with Crippen molar-refractivity contribution in [3.8, 4) is 11.1 Å². The van der Waals surface area contributed by atoms with Crippen molar-refractivity contribution in [1.29, 1.82) is 0 Å². The van der Waals surface area contributed by atoms with Crippen LogP contribution in [0.25, 0.3) is 11.1 Å². The summed E-state index contributed by atoms with van der Waals surface area (Å²) in [7, 11) is -1.81. The van der Waals surface area contributed by atoms with E-state index in [4.69, 9.17) is 17.2 Å². The standard InChI is InChI=1S/C43H70BN9O8/c1-4-5-12-31-16-18-32(19-17-31)33-20-22-34(23-21-33)40(56)48-28-24-38(54)51-35(13-6-9-25-45)43(59)53-36(14-7-10-26-46)41(57)49-29(2)39(55)52-37(15-8-11-27-47)42(58)50-30(3)44(60)61/h16-23,29-30,35-37,60-61H,4-15,24-28,45-47H2,1-3H3,(H,48,56)(H,49,57)(H,50,58)(H,51,54)(H,52,55)(H,53,59)/t29-,30-,35-,36-,37-/m0/s1. The van der Waals surface area contributed by atoms with Gasteiger partial charge in [-0.15, -0.1) is 0 Å². The van der Waals surface area contributed by atoms with E-state index < -0.39 is 66.8 Å². The van der Waals surface area contributed by atoms with Crippen LogP contribution in [0, 0.1) is 0 Å². The molecule has 0 heterocycles. The second-order valence-electron chi connectivity index (χ2n) is 15.4. The second-order valence-corrected chi connectivity index (χ2v) is 15.4. The molecule has 14 N–H and O–H groups in total. The number of nitrogens with two attached hydrogens (primary N) is 3. The molecule has 2 aromatic rings. The summed E-state index contributed by atoms with van der Waals surface area (Å²) >= 11 is 0. The third kappa shape index (κ3) is 20.0. The predicted molar refractivity (Wildman–Crippen MR) is 237 cm³/mol. The summed E-state index contributed by atoms with van der Waals surface area (Å²) in [5.41, 5.74) is 20.7. The fourth-order valence-corrected chi connectivity index (χ4v) is 6.35. The fourth-order valence-electron chi connectivity index (χ4n) is 6.35. The van der Waals surface area contributed by atoms with Gasteiger partial charge in [-0.1, -0.05) is 49.7 Å². The van der Waals surface area contributed by atoms with Crippen LogP contribution in [0.1, 0.15) is 114 Å². The van der Waals surface area contributed by atoms with Gasteiger partial charge in [0.25, 0.3) is 5.91 Å². The van der Waals surface area contributed by atoms with Gasteiger partial charge in [0.2, 0.25) is 29.5 Å². The van der Waals surface area contributed by atoms with Gasteiger partial charge in [0, 0.05) is 18.5 Å². The molecule has 0 aromatic heterocycles. The summed E-state index contributed by atoms with van der Waals surface area (Å²) in [6.45, 7) is 6.12. The van der Waals surface area contributed by atoms with E-state index in [0.29, 0.717) is 63.7 Å². The van der Waals surface area contributed by atoms with E-state index in [0.717, 1.165) is 30.4 Å². The quantitative estimate of drug-likeness (QED) is 0.0384. The smallest absolute Gasteiger partial charge is 0.426 e. The van der Waals surface area contributed by atoms with Gasteiger partial charge in [0.05, 0.1) is 5.94 Å². The average molecular weight is 852 g/mol. The number of amides is 6. The molecule has 18 heteroatoms. The van der Waals surface area contributed by atoms with Crippen molar-refractivity contribution < 1.29 is 38.8 Å². The Morgan fingerprint density at radius 1 is 0.590 bits per heavy atom. The molecule has 61 heavy (non-hydrogen) atoms. The molecule has 0 aliphatic carbocycles. The number of nitrogens with one attached hydrogen (secondary N) is 6. The highest BCUT2D eigenvalue weighted by molar-refractivity contribution is 6.43. The fraction of sp³-hybridized carbons (Fsp3) is 0.581. The first-order chi connectivity index (χ1) is 29.2. The summed E-state index contributed by atoms with van der Waals surface area (Å²) in [6.07, 6.45) is 7.10. The lowest BCUT2D eigenvalue weighted by molar-refractivity contribution is -0.134. The number of rotatable bonds is 30. The number of hydrogen-bond acceptors (Lipinski definition) is 11. The molecule has 338 valence electrons. The minimum atomic E-state index is -1.81. The molecule has 0 radical (unpaired) electrons. The third-order valence-corrected chi connectivity index (χ3v) is 10.2. The largest absolute Gasteiger partial charge is 0.475 e. The lowest BCUT2D eigenvalue weighted by atomic mass is 9.81.